The van der Waals surface area contributed by atoms with Crippen molar-refractivity contribution in [2.24, 2.45) is 0 Å². The van der Waals surface area contributed by atoms with Gasteiger partial charge in [-0.15, -0.1) is 0 Å². The second-order valence-electron chi connectivity index (χ2n) is 5.57. The van der Waals surface area contributed by atoms with Gasteiger partial charge < -0.3 is 10.1 Å². The van der Waals surface area contributed by atoms with Gasteiger partial charge in [-0.1, -0.05) is 28.1 Å². The molecule has 0 spiro atoms. The van der Waals surface area contributed by atoms with Crippen molar-refractivity contribution in [2.75, 3.05) is 17.8 Å². The van der Waals surface area contributed by atoms with Crippen LogP contribution in [-0.2, 0) is 4.79 Å². The Balaban J connectivity index is 2.16. The number of hydrogen-bond acceptors (Lipinski definition) is 5. The highest BCUT2D eigenvalue weighted by Gasteiger charge is 2.17. The zero-order valence-corrected chi connectivity index (χ0v) is 15.9. The van der Waals surface area contributed by atoms with E-state index in [-0.39, 0.29) is 17.9 Å². The summed E-state index contributed by atoms with van der Waals surface area (Å²) in [4.78, 5) is 16.7. The van der Waals surface area contributed by atoms with E-state index in [1.165, 1.54) is 10.9 Å². The van der Waals surface area contributed by atoms with E-state index in [4.69, 9.17) is 4.74 Å². The lowest BCUT2D eigenvalue weighted by atomic mass is 10.1. The Morgan fingerprint density at radius 2 is 2.27 bits per heavy atom. The minimum atomic E-state index is -0.213. The summed E-state index contributed by atoms with van der Waals surface area (Å²) in [5, 5.41) is 17.8. The number of nitrogens with zero attached hydrogens (tertiary/aromatic N) is 4. The first-order valence-corrected chi connectivity index (χ1v) is 9.00. The van der Waals surface area contributed by atoms with Gasteiger partial charge in [0.25, 0.3) is 0 Å². The maximum Gasteiger partial charge on any atom is 0.226 e. The zero-order valence-electron chi connectivity index (χ0n) is 14.3. The van der Waals surface area contributed by atoms with E-state index in [9.17, 15) is 10.1 Å². The quantitative estimate of drug-likeness (QED) is 0.647. The van der Waals surface area contributed by atoms with E-state index in [2.05, 4.69) is 31.3 Å². The molecule has 3 aromatic rings. The Hall–Kier alpha value is -2.92. The van der Waals surface area contributed by atoms with Crippen LogP contribution in [0.25, 0.3) is 16.7 Å². The molecule has 2 heterocycles. The molecule has 7 nitrogen and oxygen atoms in total. The van der Waals surface area contributed by atoms with Gasteiger partial charge in [0.15, 0.2) is 11.6 Å². The van der Waals surface area contributed by atoms with Gasteiger partial charge in [-0.3, -0.25) is 4.79 Å². The highest BCUT2D eigenvalue weighted by Crippen LogP contribution is 2.29. The summed E-state index contributed by atoms with van der Waals surface area (Å²) >= 11 is 3.23. The lowest BCUT2D eigenvalue weighted by molar-refractivity contribution is -0.115. The molecule has 0 aliphatic carbocycles. The first-order chi connectivity index (χ1) is 12.6. The number of amides is 1. The van der Waals surface area contributed by atoms with Crippen LogP contribution in [0.4, 0.5) is 5.82 Å². The van der Waals surface area contributed by atoms with Gasteiger partial charge in [-0.05, 0) is 24.6 Å². The third-order valence-corrected chi connectivity index (χ3v) is 4.30. The molecule has 8 heteroatoms. The number of nitriles is 1. The maximum atomic E-state index is 12.0. The van der Waals surface area contributed by atoms with Crippen LogP contribution in [-0.4, -0.2) is 33.1 Å². The van der Waals surface area contributed by atoms with E-state index in [1.54, 1.807) is 7.11 Å². The summed E-state index contributed by atoms with van der Waals surface area (Å²) in [6.45, 7) is 1.96. The molecule has 0 radical (unpaired) electrons. The SMILES string of the molecule is COc1cccc2c(C)cc(-n3ncc(C#N)c3NC(=O)CCBr)nc12. The van der Waals surface area contributed by atoms with Gasteiger partial charge in [0, 0.05) is 17.1 Å². The molecule has 3 rings (SSSR count). The van der Waals surface area contributed by atoms with Crippen LogP contribution in [0.3, 0.4) is 0 Å². The van der Waals surface area contributed by atoms with Gasteiger partial charge in [0.2, 0.25) is 5.91 Å². The maximum absolute atomic E-state index is 12.0. The molecule has 0 aliphatic rings. The van der Waals surface area contributed by atoms with Gasteiger partial charge in [0.1, 0.15) is 22.9 Å². The van der Waals surface area contributed by atoms with E-state index in [0.29, 0.717) is 28.2 Å². The molecule has 0 atom stereocenters. The number of carbonyl (C=O) groups is 1. The number of halogens is 1. The number of methoxy groups -OCH3 is 1. The van der Waals surface area contributed by atoms with E-state index < -0.39 is 0 Å². The molecule has 0 unspecified atom stereocenters. The molecule has 1 amide bonds. The zero-order chi connectivity index (χ0) is 18.7. The number of nitrogens with one attached hydrogen (secondary N) is 1. The van der Waals surface area contributed by atoms with Crippen molar-refractivity contribution < 1.29 is 9.53 Å². The first-order valence-electron chi connectivity index (χ1n) is 7.87. The summed E-state index contributed by atoms with van der Waals surface area (Å²) in [7, 11) is 1.59. The largest absolute Gasteiger partial charge is 0.494 e. The summed E-state index contributed by atoms with van der Waals surface area (Å²) < 4.78 is 6.87. The third kappa shape index (κ3) is 3.26. The van der Waals surface area contributed by atoms with Gasteiger partial charge in [-0.25, -0.2) is 4.98 Å². The topological polar surface area (TPSA) is 92.8 Å². The molecule has 2 aromatic heterocycles. The van der Waals surface area contributed by atoms with E-state index in [1.807, 2.05) is 37.3 Å². The number of alkyl halides is 1. The fourth-order valence-electron chi connectivity index (χ4n) is 2.65. The summed E-state index contributed by atoms with van der Waals surface area (Å²) in [6, 6.07) is 9.61. The number of aryl methyl sites for hydroxylation is 1. The summed E-state index contributed by atoms with van der Waals surface area (Å²) in [5.74, 6) is 1.23. The van der Waals surface area contributed by atoms with Crippen molar-refractivity contribution in [2.45, 2.75) is 13.3 Å². The van der Waals surface area contributed by atoms with Crippen LogP contribution in [0.5, 0.6) is 5.75 Å². The molecular weight excluding hydrogens is 398 g/mol. The predicted molar refractivity (Wildman–Crippen MR) is 102 cm³/mol. The number of hydrogen-bond donors (Lipinski definition) is 1. The number of benzene rings is 1. The first kappa shape index (κ1) is 17.9. The van der Waals surface area contributed by atoms with E-state index in [0.717, 1.165) is 10.9 Å². The highest BCUT2D eigenvalue weighted by atomic mass is 79.9. The van der Waals surface area contributed by atoms with Crippen LogP contribution in [0.2, 0.25) is 0 Å². The van der Waals surface area contributed by atoms with Crippen molar-refractivity contribution in [1.82, 2.24) is 14.8 Å². The molecule has 0 aliphatic heterocycles. The second kappa shape index (κ2) is 7.54. The number of rotatable bonds is 5. The highest BCUT2D eigenvalue weighted by molar-refractivity contribution is 9.09. The van der Waals surface area contributed by atoms with Gasteiger partial charge in [-0.2, -0.15) is 15.0 Å². The fourth-order valence-corrected chi connectivity index (χ4v) is 3.01. The summed E-state index contributed by atoms with van der Waals surface area (Å²) in [6.07, 6.45) is 1.70. The Morgan fingerprint density at radius 1 is 1.46 bits per heavy atom. The Bertz CT molecular complexity index is 1020. The number of fused-ring (bicyclic) bond motifs is 1. The van der Waals surface area contributed by atoms with Crippen LogP contribution >= 0.6 is 15.9 Å². The van der Waals surface area contributed by atoms with Crippen LogP contribution < -0.4 is 10.1 Å². The number of ether oxygens (including phenoxy) is 1. The molecule has 1 N–H and O–H groups in total. The average Bonchev–Trinajstić information content (AvgIpc) is 3.03. The number of aromatic nitrogens is 3. The molecule has 0 fully saturated rings. The number of para-hydroxylation sites is 1. The lowest BCUT2D eigenvalue weighted by Crippen LogP contribution is -2.16. The standard InChI is InChI=1S/C18H16BrN5O2/c1-11-8-15(22-17-13(11)4-3-5-14(17)26-2)24-18(12(9-20)10-21-24)23-16(25)6-7-19/h3-5,8,10H,6-7H2,1-2H3,(H,23,25). The number of anilines is 1. The monoisotopic (exact) mass is 413 g/mol. The molecule has 0 bridgehead atoms. The van der Waals surface area contributed by atoms with Crippen molar-refractivity contribution in [1.29, 1.82) is 5.26 Å². The van der Waals surface area contributed by atoms with Crippen LogP contribution in [0.15, 0.2) is 30.5 Å². The van der Waals surface area contributed by atoms with Crippen LogP contribution in [0, 0.1) is 18.3 Å². The van der Waals surface area contributed by atoms with Crippen molar-refractivity contribution in [3.8, 4) is 17.6 Å². The Morgan fingerprint density at radius 3 is 2.96 bits per heavy atom. The summed E-state index contributed by atoms with van der Waals surface area (Å²) in [5.41, 5.74) is 1.94. The number of carbonyl (C=O) groups excluding carboxylic acids is 1. The smallest absolute Gasteiger partial charge is 0.226 e. The van der Waals surface area contributed by atoms with Crippen molar-refractivity contribution >= 4 is 38.6 Å². The van der Waals surface area contributed by atoms with Gasteiger partial charge in [0.05, 0.1) is 13.3 Å². The molecule has 26 heavy (non-hydrogen) atoms. The predicted octanol–water partition coefficient (Wildman–Crippen LogP) is 3.33. The molecule has 0 saturated carbocycles. The minimum Gasteiger partial charge on any atom is -0.494 e. The second-order valence-corrected chi connectivity index (χ2v) is 6.36. The average molecular weight is 414 g/mol. The molecule has 0 saturated heterocycles. The van der Waals surface area contributed by atoms with Crippen LogP contribution in [0.1, 0.15) is 17.5 Å². The normalized spacial score (nSPS) is 10.5. The molecule has 1 aromatic carbocycles. The third-order valence-electron chi connectivity index (χ3n) is 3.90. The molecule has 132 valence electrons. The van der Waals surface area contributed by atoms with E-state index >= 15 is 0 Å². The lowest BCUT2D eigenvalue weighted by Gasteiger charge is -2.12. The Kier molecular flexibility index (Phi) is 5.19. The van der Waals surface area contributed by atoms with Crippen molar-refractivity contribution in [3.63, 3.8) is 0 Å². The minimum absolute atomic E-state index is 0.213. The number of pyridine rings is 1. The molecular formula is C18H16BrN5O2. The van der Waals surface area contributed by atoms with Gasteiger partial charge >= 0.3 is 0 Å². The Labute approximate surface area is 158 Å². The fraction of sp³-hybridized carbons (Fsp3) is 0.222. The van der Waals surface area contributed by atoms with Crippen molar-refractivity contribution in [3.05, 3.63) is 41.6 Å².